The number of carbonyl (C=O) groups excluding carboxylic acids is 1. The van der Waals surface area contributed by atoms with Crippen LogP contribution in [-0.4, -0.2) is 30.1 Å². The first kappa shape index (κ1) is 13.9. The first-order valence-corrected chi connectivity index (χ1v) is 8.20. The summed E-state index contributed by atoms with van der Waals surface area (Å²) < 4.78 is 13.0. The smallest absolute Gasteiger partial charge is 0.238 e. The fraction of sp³-hybridized carbons (Fsp3) is 0.533. The minimum atomic E-state index is -0.209. The second kappa shape index (κ2) is 5.74. The maximum absolute atomic E-state index is 13.0. The monoisotopic (exact) mass is 294 g/mol. The molecule has 1 saturated heterocycles. The van der Waals surface area contributed by atoms with Crippen LogP contribution in [0.2, 0.25) is 0 Å². The molecule has 5 heteroatoms. The zero-order chi connectivity index (χ0) is 14.0. The molecule has 1 aliphatic carbocycles. The third kappa shape index (κ3) is 2.69. The van der Waals surface area contributed by atoms with Crippen LogP contribution in [0.15, 0.2) is 24.3 Å². The molecule has 20 heavy (non-hydrogen) atoms. The van der Waals surface area contributed by atoms with E-state index in [1.807, 2.05) is 12.1 Å². The molecule has 2 fully saturated rings. The van der Waals surface area contributed by atoms with Crippen LogP contribution in [0.1, 0.15) is 24.8 Å². The molecule has 1 heterocycles. The van der Waals surface area contributed by atoms with E-state index in [0.717, 1.165) is 30.0 Å². The third-order valence-electron chi connectivity index (χ3n) is 4.40. The lowest BCUT2D eigenvalue weighted by molar-refractivity contribution is -0.122. The Morgan fingerprint density at radius 3 is 2.70 bits per heavy atom. The van der Waals surface area contributed by atoms with E-state index in [1.54, 1.807) is 11.8 Å². The van der Waals surface area contributed by atoms with E-state index in [1.165, 1.54) is 18.6 Å². The van der Waals surface area contributed by atoms with Gasteiger partial charge < -0.3 is 5.32 Å². The minimum Gasteiger partial charge on any atom is -0.354 e. The molecule has 1 saturated carbocycles. The molecule has 1 aromatic rings. The number of benzene rings is 1. The molecule has 1 unspecified atom stereocenters. The lowest BCUT2D eigenvalue weighted by Gasteiger charge is -2.42. The van der Waals surface area contributed by atoms with Crippen molar-refractivity contribution < 1.29 is 9.18 Å². The van der Waals surface area contributed by atoms with Gasteiger partial charge in [-0.3, -0.25) is 10.1 Å². The molecule has 0 aromatic heterocycles. The van der Waals surface area contributed by atoms with Gasteiger partial charge in [0.15, 0.2) is 0 Å². The van der Waals surface area contributed by atoms with Gasteiger partial charge in [-0.05, 0) is 30.5 Å². The zero-order valence-electron chi connectivity index (χ0n) is 11.3. The zero-order valence-corrected chi connectivity index (χ0v) is 12.1. The highest BCUT2D eigenvalue weighted by molar-refractivity contribution is 7.99. The van der Waals surface area contributed by atoms with E-state index in [0.29, 0.717) is 6.54 Å². The molecule has 0 radical (unpaired) electrons. The van der Waals surface area contributed by atoms with Crippen LogP contribution >= 0.6 is 11.8 Å². The van der Waals surface area contributed by atoms with Crippen LogP contribution in [-0.2, 0) is 10.2 Å². The largest absolute Gasteiger partial charge is 0.354 e. The highest BCUT2D eigenvalue weighted by atomic mass is 32.2. The predicted molar refractivity (Wildman–Crippen MR) is 79.2 cm³/mol. The molecule has 1 aromatic carbocycles. The summed E-state index contributed by atoms with van der Waals surface area (Å²) in [6.07, 6.45) is 3.29. The average Bonchev–Trinajstić information content (AvgIpc) is 2.93. The topological polar surface area (TPSA) is 41.1 Å². The van der Waals surface area contributed by atoms with E-state index in [4.69, 9.17) is 0 Å². The molecule has 0 bridgehead atoms. The minimum absolute atomic E-state index is 0.00903. The maximum atomic E-state index is 13.0. The van der Waals surface area contributed by atoms with E-state index in [-0.39, 0.29) is 23.2 Å². The van der Waals surface area contributed by atoms with Crippen molar-refractivity contribution in [2.45, 2.75) is 30.7 Å². The Bertz CT molecular complexity index is 481. The Balaban J connectivity index is 1.64. The summed E-state index contributed by atoms with van der Waals surface area (Å²) >= 11 is 1.75. The van der Waals surface area contributed by atoms with E-state index in [9.17, 15) is 9.18 Å². The number of hydrogen-bond donors (Lipinski definition) is 2. The molecule has 1 atom stereocenters. The van der Waals surface area contributed by atoms with Crippen molar-refractivity contribution in [2.24, 2.45) is 0 Å². The first-order chi connectivity index (χ1) is 9.70. The van der Waals surface area contributed by atoms with Crippen LogP contribution in [0.4, 0.5) is 4.39 Å². The summed E-state index contributed by atoms with van der Waals surface area (Å²) in [6, 6.07) is 6.65. The number of hydrogen-bond acceptors (Lipinski definition) is 3. The Labute approximate surface area is 122 Å². The number of carbonyl (C=O) groups is 1. The molecular formula is C15H19FN2OS. The molecule has 108 valence electrons. The Morgan fingerprint density at radius 1 is 1.40 bits per heavy atom. The molecular weight excluding hydrogens is 275 g/mol. The fourth-order valence-electron chi connectivity index (χ4n) is 2.92. The Hall–Kier alpha value is -1.07. The van der Waals surface area contributed by atoms with E-state index >= 15 is 0 Å². The van der Waals surface area contributed by atoms with Crippen molar-refractivity contribution in [3.8, 4) is 0 Å². The van der Waals surface area contributed by atoms with Crippen LogP contribution in [0.5, 0.6) is 0 Å². The highest BCUT2D eigenvalue weighted by Crippen LogP contribution is 2.43. The molecule has 0 spiro atoms. The van der Waals surface area contributed by atoms with Gasteiger partial charge in [-0.2, -0.15) is 0 Å². The average molecular weight is 294 g/mol. The van der Waals surface area contributed by atoms with Gasteiger partial charge in [-0.25, -0.2) is 4.39 Å². The van der Waals surface area contributed by atoms with Gasteiger partial charge in [-0.1, -0.05) is 18.6 Å². The number of amides is 1. The third-order valence-corrected chi connectivity index (χ3v) is 5.34. The highest BCUT2D eigenvalue weighted by Gasteiger charge is 2.39. The van der Waals surface area contributed by atoms with E-state index < -0.39 is 0 Å². The van der Waals surface area contributed by atoms with Crippen LogP contribution in [0.25, 0.3) is 0 Å². The fourth-order valence-corrected chi connectivity index (χ4v) is 3.86. The second-order valence-corrected chi connectivity index (χ2v) is 6.66. The lowest BCUT2D eigenvalue weighted by Crippen LogP contribution is -2.50. The van der Waals surface area contributed by atoms with Gasteiger partial charge in [0.05, 0.1) is 6.04 Å². The standard InChI is InChI=1S/C15H19FN2OS/c16-12-4-2-11(3-5-12)15(6-1-7-15)9-17-14(19)13-8-20-10-18-13/h2-5,13,18H,1,6-10H2,(H,17,19). The molecule has 3 rings (SSSR count). The summed E-state index contributed by atoms with van der Waals surface area (Å²) in [4.78, 5) is 12.1. The quantitative estimate of drug-likeness (QED) is 0.893. The number of nitrogens with one attached hydrogen (secondary N) is 2. The summed E-state index contributed by atoms with van der Waals surface area (Å²) in [5.41, 5.74) is 1.15. The summed E-state index contributed by atoms with van der Waals surface area (Å²) in [5.74, 6) is 1.57. The lowest BCUT2D eigenvalue weighted by atomic mass is 9.64. The van der Waals surface area contributed by atoms with E-state index in [2.05, 4.69) is 10.6 Å². The van der Waals surface area contributed by atoms with Gasteiger partial charge in [0.2, 0.25) is 5.91 Å². The summed E-state index contributed by atoms with van der Waals surface area (Å²) in [7, 11) is 0. The molecule has 2 aliphatic rings. The van der Waals surface area contributed by atoms with Crippen LogP contribution < -0.4 is 10.6 Å². The first-order valence-electron chi connectivity index (χ1n) is 7.05. The van der Waals surface area contributed by atoms with Crippen molar-refractivity contribution in [3.63, 3.8) is 0 Å². The van der Waals surface area contributed by atoms with Crippen LogP contribution in [0.3, 0.4) is 0 Å². The van der Waals surface area contributed by atoms with Crippen molar-refractivity contribution in [2.75, 3.05) is 18.2 Å². The van der Waals surface area contributed by atoms with Gasteiger partial charge in [0, 0.05) is 23.6 Å². The maximum Gasteiger partial charge on any atom is 0.238 e. The molecule has 1 aliphatic heterocycles. The Morgan fingerprint density at radius 2 is 2.15 bits per heavy atom. The van der Waals surface area contributed by atoms with Crippen molar-refractivity contribution in [1.82, 2.24) is 10.6 Å². The molecule has 2 N–H and O–H groups in total. The SMILES string of the molecule is O=C(NCC1(c2ccc(F)cc2)CCC1)C1CSCN1. The normalized spacial score (nSPS) is 24.1. The number of halogens is 1. The second-order valence-electron chi connectivity index (χ2n) is 5.63. The number of thioether (sulfide) groups is 1. The Kier molecular flexibility index (Phi) is 3.98. The summed E-state index contributed by atoms with van der Waals surface area (Å²) in [5, 5.41) is 6.25. The van der Waals surface area contributed by atoms with Gasteiger partial charge in [-0.15, -0.1) is 11.8 Å². The van der Waals surface area contributed by atoms with Gasteiger partial charge in [0.25, 0.3) is 0 Å². The predicted octanol–water partition coefficient (Wildman–Crippen LogP) is 2.03. The van der Waals surface area contributed by atoms with Crippen molar-refractivity contribution >= 4 is 17.7 Å². The van der Waals surface area contributed by atoms with Gasteiger partial charge >= 0.3 is 0 Å². The summed E-state index contributed by atoms with van der Waals surface area (Å²) in [6.45, 7) is 0.653. The molecule has 3 nitrogen and oxygen atoms in total. The van der Waals surface area contributed by atoms with Crippen molar-refractivity contribution in [3.05, 3.63) is 35.6 Å². The molecule has 1 amide bonds. The van der Waals surface area contributed by atoms with Crippen LogP contribution in [0, 0.1) is 5.82 Å². The van der Waals surface area contributed by atoms with Gasteiger partial charge in [0.1, 0.15) is 5.82 Å². The number of rotatable bonds is 4. The van der Waals surface area contributed by atoms with Crippen molar-refractivity contribution in [1.29, 1.82) is 0 Å².